The molecule has 0 aliphatic carbocycles. The van der Waals surface area contributed by atoms with Crippen molar-refractivity contribution in [2.45, 2.75) is 26.4 Å². The Balaban J connectivity index is 1.75. The highest BCUT2D eigenvalue weighted by atomic mass is 16.2. The number of rotatable bonds is 6. The number of aromatic nitrogens is 4. The highest BCUT2D eigenvalue weighted by Gasteiger charge is 2.15. The average Bonchev–Trinajstić information content (AvgIpc) is 3.14. The third kappa shape index (κ3) is 4.01. The quantitative estimate of drug-likeness (QED) is 0.674. The second-order valence-corrected chi connectivity index (χ2v) is 6.19. The third-order valence-corrected chi connectivity index (χ3v) is 4.22. The minimum Gasteiger partial charge on any atom is -0.334 e. The molecule has 0 N–H and O–H groups in total. The smallest absolute Gasteiger partial charge is 0.254 e. The lowest BCUT2D eigenvalue weighted by Crippen LogP contribution is -2.27. The average molecular weight is 360 g/mol. The predicted molar refractivity (Wildman–Crippen MR) is 100 cm³/mol. The van der Waals surface area contributed by atoms with Gasteiger partial charge in [0.15, 0.2) is 5.82 Å². The van der Waals surface area contributed by atoms with Gasteiger partial charge in [-0.3, -0.25) is 9.78 Å². The fraction of sp³-hybridized carbons (Fsp3) is 0.250. The Kier molecular flexibility index (Phi) is 5.57. The van der Waals surface area contributed by atoms with Crippen molar-refractivity contribution in [2.75, 3.05) is 7.05 Å². The highest BCUT2D eigenvalue weighted by molar-refractivity contribution is 5.94. The molecule has 2 heterocycles. The lowest BCUT2D eigenvalue weighted by molar-refractivity contribution is 0.0780. The summed E-state index contributed by atoms with van der Waals surface area (Å²) >= 11 is 0. The van der Waals surface area contributed by atoms with Gasteiger partial charge >= 0.3 is 0 Å². The van der Waals surface area contributed by atoms with Crippen LogP contribution < -0.4 is 0 Å². The number of carbonyl (C=O) groups is 1. The van der Waals surface area contributed by atoms with Crippen molar-refractivity contribution in [3.63, 3.8) is 0 Å². The van der Waals surface area contributed by atoms with Crippen molar-refractivity contribution in [2.24, 2.45) is 0 Å². The number of hydrogen-bond donors (Lipinski definition) is 0. The molecule has 136 valence electrons. The van der Waals surface area contributed by atoms with Gasteiger partial charge in [0.05, 0.1) is 17.8 Å². The Labute approximate surface area is 157 Å². The van der Waals surface area contributed by atoms with Gasteiger partial charge in [-0.25, -0.2) is 0 Å². The molecular formula is C20H20N6O. The van der Waals surface area contributed by atoms with E-state index in [0.717, 1.165) is 24.4 Å². The van der Waals surface area contributed by atoms with E-state index >= 15 is 0 Å². The molecule has 7 nitrogen and oxygen atoms in total. The normalized spacial score (nSPS) is 10.4. The van der Waals surface area contributed by atoms with Crippen LogP contribution in [-0.4, -0.2) is 37.6 Å². The summed E-state index contributed by atoms with van der Waals surface area (Å²) in [6.45, 7) is 3.29. The fourth-order valence-electron chi connectivity index (χ4n) is 2.83. The molecule has 7 heteroatoms. The lowest BCUT2D eigenvalue weighted by atomic mass is 10.0. The van der Waals surface area contributed by atoms with Gasteiger partial charge < -0.3 is 9.47 Å². The summed E-state index contributed by atoms with van der Waals surface area (Å²) in [5.74, 6) is 0.658. The maximum Gasteiger partial charge on any atom is 0.254 e. The summed E-state index contributed by atoms with van der Waals surface area (Å²) in [5.41, 5.74) is 2.48. The van der Waals surface area contributed by atoms with E-state index in [9.17, 15) is 10.1 Å². The summed E-state index contributed by atoms with van der Waals surface area (Å²) in [4.78, 5) is 18.6. The van der Waals surface area contributed by atoms with Crippen LogP contribution in [0.25, 0.3) is 11.3 Å². The Bertz CT molecular complexity index is 971. The first-order chi connectivity index (χ1) is 13.1. The molecule has 1 aromatic carbocycles. The van der Waals surface area contributed by atoms with E-state index in [2.05, 4.69) is 28.2 Å². The molecule has 0 saturated heterocycles. The van der Waals surface area contributed by atoms with Crippen molar-refractivity contribution in [1.29, 1.82) is 5.26 Å². The van der Waals surface area contributed by atoms with Gasteiger partial charge in [0.25, 0.3) is 5.91 Å². The number of nitriles is 1. The van der Waals surface area contributed by atoms with Crippen LogP contribution in [-0.2, 0) is 13.1 Å². The highest BCUT2D eigenvalue weighted by Crippen LogP contribution is 2.21. The van der Waals surface area contributed by atoms with Crippen molar-refractivity contribution >= 4 is 5.91 Å². The second kappa shape index (κ2) is 8.23. The number of hydrogen-bond acceptors (Lipinski definition) is 5. The maximum absolute atomic E-state index is 12.7. The van der Waals surface area contributed by atoms with Crippen molar-refractivity contribution < 1.29 is 4.79 Å². The SMILES string of the molecule is CCCn1cnnc1CN(C)C(=O)c1ccc(-c2ncccc2C#N)cc1. The van der Waals surface area contributed by atoms with Crippen LogP contribution in [0.4, 0.5) is 0 Å². The van der Waals surface area contributed by atoms with Crippen molar-refractivity contribution in [3.8, 4) is 17.3 Å². The number of aryl methyl sites for hydroxylation is 1. The molecule has 0 saturated carbocycles. The van der Waals surface area contributed by atoms with E-state index in [1.54, 1.807) is 48.7 Å². The van der Waals surface area contributed by atoms with Crippen molar-refractivity contribution in [3.05, 3.63) is 65.9 Å². The summed E-state index contributed by atoms with van der Waals surface area (Å²) in [6.07, 6.45) is 4.31. The number of pyridine rings is 1. The van der Waals surface area contributed by atoms with E-state index < -0.39 is 0 Å². The second-order valence-electron chi connectivity index (χ2n) is 6.19. The number of nitrogens with zero attached hydrogens (tertiary/aromatic N) is 6. The lowest BCUT2D eigenvalue weighted by Gasteiger charge is -2.17. The molecule has 2 aromatic heterocycles. The first-order valence-corrected chi connectivity index (χ1v) is 8.71. The largest absolute Gasteiger partial charge is 0.334 e. The Morgan fingerprint density at radius 3 is 2.74 bits per heavy atom. The van der Waals surface area contributed by atoms with E-state index in [0.29, 0.717) is 23.4 Å². The van der Waals surface area contributed by atoms with Crippen LogP contribution >= 0.6 is 0 Å². The monoisotopic (exact) mass is 360 g/mol. The van der Waals surface area contributed by atoms with E-state index in [1.165, 1.54) is 0 Å². The molecule has 0 aliphatic heterocycles. The van der Waals surface area contributed by atoms with Gasteiger partial charge in [-0.2, -0.15) is 5.26 Å². The fourth-order valence-corrected chi connectivity index (χ4v) is 2.83. The zero-order valence-electron chi connectivity index (χ0n) is 15.3. The molecule has 0 aliphatic rings. The van der Waals surface area contributed by atoms with Crippen LogP contribution in [0.5, 0.6) is 0 Å². The summed E-state index contributed by atoms with van der Waals surface area (Å²) in [7, 11) is 1.74. The Morgan fingerprint density at radius 1 is 1.26 bits per heavy atom. The molecule has 0 bridgehead atoms. The topological polar surface area (TPSA) is 87.7 Å². The molecule has 0 unspecified atom stereocenters. The molecule has 3 rings (SSSR count). The zero-order valence-corrected chi connectivity index (χ0v) is 15.3. The van der Waals surface area contributed by atoms with Crippen LogP contribution in [0.1, 0.15) is 35.1 Å². The van der Waals surface area contributed by atoms with Crippen molar-refractivity contribution in [1.82, 2.24) is 24.6 Å². The van der Waals surface area contributed by atoms with Gasteiger partial charge in [0.2, 0.25) is 0 Å². The maximum atomic E-state index is 12.7. The molecule has 0 atom stereocenters. The Hall–Kier alpha value is -3.53. The first-order valence-electron chi connectivity index (χ1n) is 8.71. The van der Waals surface area contributed by atoms with Crippen LogP contribution in [0.15, 0.2) is 48.9 Å². The minimum absolute atomic E-state index is 0.103. The van der Waals surface area contributed by atoms with Gasteiger partial charge in [-0.15, -0.1) is 10.2 Å². The van der Waals surface area contributed by atoms with Gasteiger partial charge in [-0.05, 0) is 30.7 Å². The molecule has 0 fully saturated rings. The number of carbonyl (C=O) groups excluding carboxylic acids is 1. The Morgan fingerprint density at radius 2 is 2.04 bits per heavy atom. The summed E-state index contributed by atoms with van der Waals surface area (Å²) < 4.78 is 1.96. The third-order valence-electron chi connectivity index (χ3n) is 4.22. The summed E-state index contributed by atoms with van der Waals surface area (Å²) in [6, 6.07) is 12.7. The molecule has 3 aromatic rings. The van der Waals surface area contributed by atoms with E-state index in [-0.39, 0.29) is 5.91 Å². The zero-order chi connectivity index (χ0) is 19.2. The van der Waals surface area contributed by atoms with Crippen LogP contribution in [0.3, 0.4) is 0 Å². The van der Waals surface area contributed by atoms with Gasteiger partial charge in [-0.1, -0.05) is 19.1 Å². The molecule has 27 heavy (non-hydrogen) atoms. The number of amides is 1. The molecule has 0 spiro atoms. The van der Waals surface area contributed by atoms with Gasteiger partial charge in [0.1, 0.15) is 12.4 Å². The number of benzene rings is 1. The van der Waals surface area contributed by atoms with E-state index in [4.69, 9.17) is 0 Å². The minimum atomic E-state index is -0.103. The standard InChI is InChI=1S/C20H20N6O/c1-3-11-26-14-23-24-18(26)13-25(2)20(27)16-8-6-15(7-9-16)19-17(12-21)5-4-10-22-19/h4-10,14H,3,11,13H2,1-2H3. The summed E-state index contributed by atoms with van der Waals surface area (Å²) in [5, 5.41) is 17.2. The van der Waals surface area contributed by atoms with E-state index in [1.807, 2.05) is 16.7 Å². The molecule has 0 radical (unpaired) electrons. The molecule has 1 amide bonds. The van der Waals surface area contributed by atoms with Crippen LogP contribution in [0, 0.1) is 11.3 Å². The first kappa shape index (κ1) is 18.3. The molecular weight excluding hydrogens is 340 g/mol. The predicted octanol–water partition coefficient (Wildman–Crippen LogP) is 2.89. The van der Waals surface area contributed by atoms with Crippen LogP contribution in [0.2, 0.25) is 0 Å². The van der Waals surface area contributed by atoms with Gasteiger partial charge in [0, 0.05) is 30.9 Å².